The number of nitrogens with one attached hydrogen (secondary N) is 1. The van der Waals surface area contributed by atoms with Gasteiger partial charge in [0.1, 0.15) is 11.1 Å². The summed E-state index contributed by atoms with van der Waals surface area (Å²) in [5.74, 6) is -1.87. The van der Waals surface area contributed by atoms with Crippen molar-refractivity contribution in [2.75, 3.05) is 5.32 Å². The van der Waals surface area contributed by atoms with Crippen LogP contribution >= 0.6 is 11.3 Å². The number of rotatable bonds is 3. The fourth-order valence-electron chi connectivity index (χ4n) is 3.16. The first-order valence-corrected chi connectivity index (χ1v) is 8.91. The number of carboxylic acids is 1. The SMILES string of the molecule is Cc1ccc(C(=O)Nc2sc3c(c2C#N)C(C(=O)O)CCC3)cc1C. The number of carboxylic acid groups (broad SMARTS) is 1. The van der Waals surface area contributed by atoms with Crippen molar-refractivity contribution in [3.05, 3.63) is 50.9 Å². The molecule has 0 fully saturated rings. The second kappa shape index (κ2) is 6.69. The number of amides is 1. The summed E-state index contributed by atoms with van der Waals surface area (Å²) in [5.41, 5.74) is 3.52. The molecular weight excluding hydrogens is 336 g/mol. The summed E-state index contributed by atoms with van der Waals surface area (Å²) in [6.45, 7) is 3.91. The number of carbonyl (C=O) groups excluding carboxylic acids is 1. The van der Waals surface area contributed by atoms with E-state index in [-0.39, 0.29) is 5.91 Å². The number of nitriles is 1. The lowest BCUT2D eigenvalue weighted by molar-refractivity contribution is -0.139. The van der Waals surface area contributed by atoms with Gasteiger partial charge in [-0.2, -0.15) is 5.26 Å². The number of carbonyl (C=O) groups is 2. The van der Waals surface area contributed by atoms with Gasteiger partial charge < -0.3 is 10.4 Å². The Kier molecular flexibility index (Phi) is 4.60. The molecule has 2 aromatic rings. The van der Waals surface area contributed by atoms with Crippen molar-refractivity contribution < 1.29 is 14.7 Å². The van der Waals surface area contributed by atoms with E-state index in [1.165, 1.54) is 11.3 Å². The van der Waals surface area contributed by atoms with E-state index in [2.05, 4.69) is 11.4 Å². The number of anilines is 1. The molecule has 1 amide bonds. The zero-order chi connectivity index (χ0) is 18.1. The van der Waals surface area contributed by atoms with Crippen LogP contribution in [0.15, 0.2) is 18.2 Å². The number of aliphatic carboxylic acids is 1. The van der Waals surface area contributed by atoms with Crippen LogP contribution in [-0.4, -0.2) is 17.0 Å². The lowest BCUT2D eigenvalue weighted by Crippen LogP contribution is -2.17. The maximum absolute atomic E-state index is 12.5. The summed E-state index contributed by atoms with van der Waals surface area (Å²) in [6.07, 6.45) is 2.05. The van der Waals surface area contributed by atoms with E-state index in [9.17, 15) is 20.0 Å². The lowest BCUT2D eigenvalue weighted by Gasteiger charge is -2.18. The van der Waals surface area contributed by atoms with E-state index in [1.54, 1.807) is 6.07 Å². The number of fused-ring (bicyclic) bond motifs is 1. The average molecular weight is 354 g/mol. The van der Waals surface area contributed by atoms with Gasteiger partial charge in [-0.15, -0.1) is 11.3 Å². The van der Waals surface area contributed by atoms with Crippen molar-refractivity contribution in [1.82, 2.24) is 0 Å². The minimum absolute atomic E-state index is 0.287. The second-order valence-corrected chi connectivity index (χ2v) is 7.40. The van der Waals surface area contributed by atoms with E-state index in [0.717, 1.165) is 28.8 Å². The molecule has 1 aromatic heterocycles. The summed E-state index contributed by atoms with van der Waals surface area (Å²) >= 11 is 1.32. The van der Waals surface area contributed by atoms with E-state index >= 15 is 0 Å². The van der Waals surface area contributed by atoms with Gasteiger partial charge in [-0.3, -0.25) is 9.59 Å². The van der Waals surface area contributed by atoms with Crippen LogP contribution in [0.3, 0.4) is 0 Å². The third kappa shape index (κ3) is 3.15. The first-order chi connectivity index (χ1) is 11.9. The Morgan fingerprint density at radius 2 is 2.08 bits per heavy atom. The number of thiophene rings is 1. The lowest BCUT2D eigenvalue weighted by atomic mass is 9.85. The van der Waals surface area contributed by atoms with Crippen LogP contribution < -0.4 is 5.32 Å². The Hall–Kier alpha value is -2.65. The highest BCUT2D eigenvalue weighted by Crippen LogP contribution is 2.43. The second-order valence-electron chi connectivity index (χ2n) is 6.29. The Balaban J connectivity index is 1.96. The summed E-state index contributed by atoms with van der Waals surface area (Å²) < 4.78 is 0. The molecule has 0 saturated heterocycles. The molecule has 0 spiro atoms. The van der Waals surface area contributed by atoms with E-state index in [0.29, 0.717) is 28.1 Å². The molecule has 3 rings (SSSR count). The van der Waals surface area contributed by atoms with Gasteiger partial charge in [-0.25, -0.2) is 0 Å². The minimum Gasteiger partial charge on any atom is -0.481 e. The summed E-state index contributed by atoms with van der Waals surface area (Å²) in [6, 6.07) is 7.54. The van der Waals surface area contributed by atoms with E-state index < -0.39 is 11.9 Å². The number of benzene rings is 1. The molecule has 0 radical (unpaired) electrons. The van der Waals surface area contributed by atoms with Crippen molar-refractivity contribution >= 4 is 28.2 Å². The zero-order valence-corrected chi connectivity index (χ0v) is 14.9. The van der Waals surface area contributed by atoms with Crippen molar-refractivity contribution in [3.8, 4) is 6.07 Å². The summed E-state index contributed by atoms with van der Waals surface area (Å²) in [7, 11) is 0. The number of nitrogens with zero attached hydrogens (tertiary/aromatic N) is 1. The van der Waals surface area contributed by atoms with Gasteiger partial charge in [0.2, 0.25) is 0 Å². The first-order valence-electron chi connectivity index (χ1n) is 8.09. The van der Waals surface area contributed by atoms with Gasteiger partial charge in [0.25, 0.3) is 5.91 Å². The van der Waals surface area contributed by atoms with Gasteiger partial charge in [0, 0.05) is 16.0 Å². The third-order valence-corrected chi connectivity index (χ3v) is 5.85. The summed E-state index contributed by atoms with van der Waals surface area (Å²) in [4.78, 5) is 25.0. The van der Waals surface area contributed by atoms with Crippen LogP contribution in [-0.2, 0) is 11.2 Å². The fourth-order valence-corrected chi connectivity index (χ4v) is 4.41. The average Bonchev–Trinajstić information content (AvgIpc) is 2.93. The molecule has 6 heteroatoms. The van der Waals surface area contributed by atoms with Gasteiger partial charge in [0.05, 0.1) is 11.5 Å². The predicted molar refractivity (Wildman–Crippen MR) is 96.2 cm³/mol. The largest absolute Gasteiger partial charge is 0.481 e. The number of aryl methyl sites for hydroxylation is 3. The van der Waals surface area contributed by atoms with Crippen LogP contribution in [0, 0.1) is 25.2 Å². The van der Waals surface area contributed by atoms with Gasteiger partial charge in [-0.1, -0.05) is 6.07 Å². The van der Waals surface area contributed by atoms with Crippen LogP contribution in [0.4, 0.5) is 5.00 Å². The zero-order valence-electron chi connectivity index (χ0n) is 14.0. The monoisotopic (exact) mass is 354 g/mol. The van der Waals surface area contributed by atoms with Gasteiger partial charge >= 0.3 is 5.97 Å². The molecule has 1 heterocycles. The van der Waals surface area contributed by atoms with E-state index in [1.807, 2.05) is 26.0 Å². The third-order valence-electron chi connectivity index (χ3n) is 4.67. The van der Waals surface area contributed by atoms with Crippen molar-refractivity contribution in [2.45, 2.75) is 39.0 Å². The smallest absolute Gasteiger partial charge is 0.311 e. The predicted octanol–water partition coefficient (Wildman–Crippen LogP) is 3.99. The van der Waals surface area contributed by atoms with Crippen LogP contribution in [0.2, 0.25) is 0 Å². The molecule has 25 heavy (non-hydrogen) atoms. The topological polar surface area (TPSA) is 90.2 Å². The molecule has 128 valence electrons. The molecule has 1 aliphatic rings. The maximum Gasteiger partial charge on any atom is 0.311 e. The standard InChI is InChI=1S/C19H18N2O3S/c1-10-6-7-12(8-11(10)2)17(22)21-18-14(9-20)16-13(19(23)24)4-3-5-15(16)25-18/h6-8,13H,3-5H2,1-2H3,(H,21,22)(H,23,24). The molecule has 0 saturated carbocycles. The molecule has 1 aromatic carbocycles. The van der Waals surface area contributed by atoms with Crippen molar-refractivity contribution in [2.24, 2.45) is 0 Å². The highest BCUT2D eigenvalue weighted by atomic mass is 32.1. The highest BCUT2D eigenvalue weighted by molar-refractivity contribution is 7.16. The Bertz CT molecular complexity index is 908. The Morgan fingerprint density at radius 1 is 1.32 bits per heavy atom. The van der Waals surface area contributed by atoms with Crippen LogP contribution in [0.1, 0.15) is 56.2 Å². The molecular formula is C19H18N2O3S. The summed E-state index contributed by atoms with van der Waals surface area (Å²) in [5, 5.41) is 22.2. The normalized spacial score (nSPS) is 16.0. The Labute approximate surface area is 149 Å². The molecule has 0 aliphatic heterocycles. The first kappa shape index (κ1) is 17.2. The number of hydrogen-bond donors (Lipinski definition) is 2. The molecule has 5 nitrogen and oxygen atoms in total. The van der Waals surface area contributed by atoms with Crippen molar-refractivity contribution in [3.63, 3.8) is 0 Å². The van der Waals surface area contributed by atoms with Gasteiger partial charge in [0.15, 0.2) is 0 Å². The maximum atomic E-state index is 12.5. The fraction of sp³-hybridized carbons (Fsp3) is 0.316. The minimum atomic E-state index is -0.915. The molecule has 1 atom stereocenters. The molecule has 0 bridgehead atoms. The van der Waals surface area contributed by atoms with Crippen LogP contribution in [0.25, 0.3) is 0 Å². The molecule has 1 unspecified atom stereocenters. The van der Waals surface area contributed by atoms with Crippen molar-refractivity contribution in [1.29, 1.82) is 5.26 Å². The Morgan fingerprint density at radius 3 is 2.72 bits per heavy atom. The van der Waals surface area contributed by atoms with Crippen LogP contribution in [0.5, 0.6) is 0 Å². The molecule has 1 aliphatic carbocycles. The quantitative estimate of drug-likeness (QED) is 0.872. The van der Waals surface area contributed by atoms with Gasteiger partial charge in [-0.05, 0) is 56.4 Å². The van der Waals surface area contributed by atoms with E-state index in [4.69, 9.17) is 0 Å². The molecule has 2 N–H and O–H groups in total. The highest BCUT2D eigenvalue weighted by Gasteiger charge is 2.33. The number of hydrogen-bond acceptors (Lipinski definition) is 4.